The van der Waals surface area contributed by atoms with Crippen LogP contribution in [-0.2, 0) is 23.4 Å². The molecule has 6 heteroatoms. The van der Waals surface area contributed by atoms with Crippen molar-refractivity contribution in [3.63, 3.8) is 0 Å². The number of benzene rings is 1. The summed E-state index contributed by atoms with van der Waals surface area (Å²) < 4.78 is 25.2. The summed E-state index contributed by atoms with van der Waals surface area (Å²) in [5.41, 5.74) is 8.59. The van der Waals surface area contributed by atoms with Crippen LogP contribution in [-0.4, -0.2) is 29.5 Å². The number of hydrogen-bond donors (Lipinski definition) is 1. The van der Waals surface area contributed by atoms with Crippen molar-refractivity contribution in [2.45, 2.75) is 18.9 Å². The number of hydrogen-bond acceptors (Lipinski definition) is 4. The van der Waals surface area contributed by atoms with E-state index in [-0.39, 0.29) is 17.4 Å². The molecule has 1 aromatic heterocycles. The van der Waals surface area contributed by atoms with E-state index in [1.54, 1.807) is 0 Å². The van der Waals surface area contributed by atoms with Gasteiger partial charge in [-0.3, -0.25) is 0 Å². The van der Waals surface area contributed by atoms with Gasteiger partial charge in [0.1, 0.15) is 5.82 Å². The smallest absolute Gasteiger partial charge is 0.151 e. The lowest BCUT2D eigenvalue weighted by molar-refractivity contribution is 0.600. The van der Waals surface area contributed by atoms with Crippen molar-refractivity contribution in [1.82, 2.24) is 9.55 Å². The summed E-state index contributed by atoms with van der Waals surface area (Å²) in [5.74, 6) is 1.37. The Kier molecular flexibility index (Phi) is 2.87. The van der Waals surface area contributed by atoms with E-state index < -0.39 is 9.84 Å². The number of sulfone groups is 1. The lowest BCUT2D eigenvalue weighted by Crippen LogP contribution is -2.08. The van der Waals surface area contributed by atoms with Gasteiger partial charge in [-0.05, 0) is 24.1 Å². The highest BCUT2D eigenvalue weighted by Gasteiger charge is 2.32. The van der Waals surface area contributed by atoms with E-state index >= 15 is 0 Å². The molecule has 1 aliphatic heterocycles. The molecule has 1 unspecified atom stereocenters. The number of aryl methyl sites for hydroxylation is 1. The number of nitrogens with two attached hydrogens (primary N) is 1. The summed E-state index contributed by atoms with van der Waals surface area (Å²) in [7, 11) is -0.942. The van der Waals surface area contributed by atoms with Crippen LogP contribution in [0, 0.1) is 0 Å². The molecule has 3 rings (SSSR count). The second-order valence-electron chi connectivity index (χ2n) is 5.16. The van der Waals surface area contributed by atoms with Crippen LogP contribution in [0.4, 0.5) is 0 Å². The first-order valence-electron chi connectivity index (χ1n) is 6.36. The van der Waals surface area contributed by atoms with E-state index in [4.69, 9.17) is 5.73 Å². The molecule has 0 bridgehead atoms. The van der Waals surface area contributed by atoms with Gasteiger partial charge in [0.25, 0.3) is 0 Å². The Morgan fingerprint density at radius 3 is 2.89 bits per heavy atom. The normalized spacial score (nSPS) is 22.1. The minimum absolute atomic E-state index is 0.0173. The Labute approximate surface area is 112 Å². The summed E-state index contributed by atoms with van der Waals surface area (Å²) in [6, 6.07) is 5.96. The largest absolute Gasteiger partial charge is 0.331 e. The van der Waals surface area contributed by atoms with Crippen LogP contribution in [0.15, 0.2) is 18.2 Å². The van der Waals surface area contributed by atoms with Crippen molar-refractivity contribution in [2.24, 2.45) is 12.8 Å². The molecular weight excluding hydrogens is 262 g/mol. The Balaban J connectivity index is 2.07. The number of imidazole rings is 1. The van der Waals surface area contributed by atoms with Gasteiger partial charge in [0.05, 0.1) is 22.5 Å². The maximum absolute atomic E-state index is 11.6. The molecule has 1 fully saturated rings. The summed E-state index contributed by atoms with van der Waals surface area (Å²) >= 11 is 0. The first-order valence-corrected chi connectivity index (χ1v) is 8.18. The van der Waals surface area contributed by atoms with Crippen LogP contribution in [0.2, 0.25) is 0 Å². The minimum Gasteiger partial charge on any atom is -0.331 e. The van der Waals surface area contributed by atoms with Gasteiger partial charge in [-0.1, -0.05) is 6.07 Å². The summed E-state index contributed by atoms with van der Waals surface area (Å²) in [5, 5.41) is 0. The molecule has 2 heterocycles. The van der Waals surface area contributed by atoms with Gasteiger partial charge in [-0.25, -0.2) is 13.4 Å². The zero-order valence-electron chi connectivity index (χ0n) is 10.8. The molecule has 1 saturated heterocycles. The van der Waals surface area contributed by atoms with E-state index in [9.17, 15) is 8.42 Å². The minimum atomic E-state index is -2.88. The third-order valence-electron chi connectivity index (χ3n) is 3.81. The lowest BCUT2D eigenvalue weighted by atomic mass is 10.1. The number of nitrogens with zero attached hydrogens (tertiary/aromatic N) is 2. The molecule has 1 aromatic carbocycles. The zero-order chi connectivity index (χ0) is 13.6. The highest BCUT2D eigenvalue weighted by Crippen LogP contribution is 2.30. The zero-order valence-corrected chi connectivity index (χ0v) is 11.7. The van der Waals surface area contributed by atoms with Gasteiger partial charge in [0.15, 0.2) is 9.84 Å². The predicted molar refractivity (Wildman–Crippen MR) is 74.6 cm³/mol. The van der Waals surface area contributed by atoms with Crippen LogP contribution in [0.5, 0.6) is 0 Å². The van der Waals surface area contributed by atoms with Crippen molar-refractivity contribution in [3.05, 3.63) is 29.6 Å². The molecule has 102 valence electrons. The molecule has 1 atom stereocenters. The molecule has 19 heavy (non-hydrogen) atoms. The summed E-state index contributed by atoms with van der Waals surface area (Å²) in [6.07, 6.45) is 0.670. The van der Waals surface area contributed by atoms with Crippen molar-refractivity contribution < 1.29 is 8.42 Å². The Morgan fingerprint density at radius 1 is 1.47 bits per heavy atom. The third kappa shape index (κ3) is 2.15. The lowest BCUT2D eigenvalue weighted by Gasteiger charge is -2.07. The highest BCUT2D eigenvalue weighted by molar-refractivity contribution is 7.91. The summed E-state index contributed by atoms with van der Waals surface area (Å²) in [4.78, 5) is 4.61. The van der Waals surface area contributed by atoms with Crippen molar-refractivity contribution in [3.8, 4) is 0 Å². The molecule has 1 aliphatic rings. The van der Waals surface area contributed by atoms with E-state index in [2.05, 4.69) is 4.98 Å². The molecule has 5 nitrogen and oxygen atoms in total. The molecule has 0 amide bonds. The second kappa shape index (κ2) is 4.31. The van der Waals surface area contributed by atoms with Gasteiger partial charge < -0.3 is 10.3 Å². The first kappa shape index (κ1) is 12.6. The van der Waals surface area contributed by atoms with Crippen LogP contribution in [0.3, 0.4) is 0 Å². The highest BCUT2D eigenvalue weighted by atomic mass is 32.2. The number of rotatable bonds is 2. The Morgan fingerprint density at radius 2 is 2.26 bits per heavy atom. The quantitative estimate of drug-likeness (QED) is 0.887. The monoisotopic (exact) mass is 279 g/mol. The van der Waals surface area contributed by atoms with Crippen LogP contribution < -0.4 is 5.73 Å². The van der Waals surface area contributed by atoms with Crippen LogP contribution in [0.1, 0.15) is 23.7 Å². The SMILES string of the molecule is Cn1c(C2CCS(=O)(=O)C2)nc2cc(CN)ccc21. The van der Waals surface area contributed by atoms with E-state index in [1.807, 2.05) is 29.8 Å². The second-order valence-corrected chi connectivity index (χ2v) is 7.38. The molecule has 0 saturated carbocycles. The van der Waals surface area contributed by atoms with Gasteiger partial charge >= 0.3 is 0 Å². The fraction of sp³-hybridized carbons (Fsp3) is 0.462. The molecular formula is C13H17N3O2S. The Hall–Kier alpha value is -1.40. The van der Waals surface area contributed by atoms with E-state index in [1.165, 1.54) is 0 Å². The molecule has 2 aromatic rings. The molecule has 2 N–H and O–H groups in total. The third-order valence-corrected chi connectivity index (χ3v) is 5.58. The average molecular weight is 279 g/mol. The van der Waals surface area contributed by atoms with E-state index in [0.29, 0.717) is 13.0 Å². The van der Waals surface area contributed by atoms with Gasteiger partial charge in [0.2, 0.25) is 0 Å². The fourth-order valence-corrected chi connectivity index (χ4v) is 4.49. The van der Waals surface area contributed by atoms with E-state index in [0.717, 1.165) is 22.4 Å². The number of aromatic nitrogens is 2. The van der Waals surface area contributed by atoms with Gasteiger partial charge in [-0.2, -0.15) is 0 Å². The van der Waals surface area contributed by atoms with Crippen molar-refractivity contribution in [1.29, 1.82) is 0 Å². The molecule has 0 radical (unpaired) electrons. The van der Waals surface area contributed by atoms with Crippen LogP contribution >= 0.6 is 0 Å². The van der Waals surface area contributed by atoms with Crippen molar-refractivity contribution in [2.75, 3.05) is 11.5 Å². The van der Waals surface area contributed by atoms with Crippen LogP contribution in [0.25, 0.3) is 11.0 Å². The maximum atomic E-state index is 11.6. The predicted octanol–water partition coefficient (Wildman–Crippen LogP) is 0.934. The maximum Gasteiger partial charge on any atom is 0.151 e. The standard InChI is InChI=1S/C13H17N3O2S/c1-16-12-3-2-9(7-14)6-11(12)15-13(16)10-4-5-19(17,18)8-10/h2-3,6,10H,4-5,7-8,14H2,1H3. The van der Waals surface area contributed by atoms with Gasteiger partial charge in [0, 0.05) is 19.5 Å². The van der Waals surface area contributed by atoms with Crippen molar-refractivity contribution >= 4 is 20.9 Å². The topological polar surface area (TPSA) is 78.0 Å². The fourth-order valence-electron chi connectivity index (χ4n) is 2.75. The number of fused-ring (bicyclic) bond motifs is 1. The average Bonchev–Trinajstić information content (AvgIpc) is 2.89. The summed E-state index contributed by atoms with van der Waals surface area (Å²) in [6.45, 7) is 0.486. The first-order chi connectivity index (χ1) is 9.00. The Bertz CT molecular complexity index is 734. The molecule has 0 spiro atoms. The molecule has 0 aliphatic carbocycles. The van der Waals surface area contributed by atoms with Gasteiger partial charge in [-0.15, -0.1) is 0 Å².